The Morgan fingerprint density at radius 3 is 1.65 bits per heavy atom. The van der Waals surface area contributed by atoms with Gasteiger partial charge < -0.3 is 35.6 Å². The summed E-state index contributed by atoms with van der Waals surface area (Å²) in [5.74, 6) is 2.39. The number of hydrogen-bond donors (Lipinski definition) is 5. The van der Waals surface area contributed by atoms with Crippen LogP contribution in [0, 0.1) is 0 Å². The number of nitrogens with one attached hydrogen (secondary N) is 3. The van der Waals surface area contributed by atoms with Crippen molar-refractivity contribution in [3.8, 4) is 34.4 Å². The zero-order chi connectivity index (χ0) is 38.0. The van der Waals surface area contributed by atoms with Gasteiger partial charge in [-0.25, -0.2) is 0 Å². The number of phenols is 2. The van der Waals surface area contributed by atoms with Crippen molar-refractivity contribution in [1.29, 1.82) is 0 Å². The zero-order valence-electron chi connectivity index (χ0n) is 31.0. The standard InChI is InChI=1S/C22H24N2O3.C21H21N5O2/c1-2-24-21(26)16-8-6-15(7-9-16)17-14-22(10-12-23-13-11-22)27-19-5-3-4-18(25)20(17)19;1-26-24-20(23-25-26)15-7-5-14(6-8-15)16-13-21(9-11-22-12-10-21)28-18-4-2-3-17(27)19(16)18/h3-9,14,23,25H,2,10-13H2,1H3,(H,24,26);2-8,13,22,27H,9-12H2,1H3. The number of fused-ring (bicyclic) bond motifs is 2. The highest BCUT2D eigenvalue weighted by Gasteiger charge is 2.39. The van der Waals surface area contributed by atoms with Gasteiger partial charge in [-0.2, -0.15) is 4.80 Å². The van der Waals surface area contributed by atoms with Gasteiger partial charge in [0, 0.05) is 43.4 Å². The molecule has 12 heteroatoms. The molecule has 5 heterocycles. The highest BCUT2D eigenvalue weighted by molar-refractivity contribution is 5.95. The highest BCUT2D eigenvalue weighted by atomic mass is 16.5. The van der Waals surface area contributed by atoms with Crippen molar-refractivity contribution in [2.24, 2.45) is 7.05 Å². The van der Waals surface area contributed by atoms with Crippen LogP contribution in [0.2, 0.25) is 0 Å². The summed E-state index contributed by atoms with van der Waals surface area (Å²) in [4.78, 5) is 13.5. The third-order valence-electron chi connectivity index (χ3n) is 10.6. The molecule has 0 bridgehead atoms. The van der Waals surface area contributed by atoms with Gasteiger partial charge in [0.1, 0.15) is 34.2 Å². The summed E-state index contributed by atoms with van der Waals surface area (Å²) < 4.78 is 12.7. The first-order valence-electron chi connectivity index (χ1n) is 18.9. The average Bonchev–Trinajstić information content (AvgIpc) is 3.64. The van der Waals surface area contributed by atoms with Gasteiger partial charge in [-0.15, -0.1) is 10.2 Å². The van der Waals surface area contributed by atoms with E-state index in [0.29, 0.717) is 29.2 Å². The van der Waals surface area contributed by atoms with Crippen molar-refractivity contribution in [3.63, 3.8) is 0 Å². The maximum atomic E-state index is 12.0. The normalized spacial score (nSPS) is 17.6. The van der Waals surface area contributed by atoms with Crippen molar-refractivity contribution in [2.75, 3.05) is 32.7 Å². The summed E-state index contributed by atoms with van der Waals surface area (Å²) in [7, 11) is 1.75. The number of aromatic hydroxyl groups is 2. The monoisotopic (exact) mass is 739 g/mol. The third kappa shape index (κ3) is 7.30. The molecule has 1 aromatic heterocycles. The van der Waals surface area contributed by atoms with Crippen LogP contribution in [0.1, 0.15) is 65.2 Å². The minimum absolute atomic E-state index is 0.0805. The molecule has 2 saturated heterocycles. The fourth-order valence-corrected chi connectivity index (χ4v) is 7.83. The number of amides is 1. The van der Waals surface area contributed by atoms with Crippen LogP contribution < -0.4 is 25.4 Å². The number of rotatable bonds is 5. The third-order valence-corrected chi connectivity index (χ3v) is 10.6. The fourth-order valence-electron chi connectivity index (χ4n) is 7.83. The van der Waals surface area contributed by atoms with Crippen LogP contribution in [0.5, 0.6) is 23.0 Å². The molecule has 55 heavy (non-hydrogen) atoms. The second-order valence-electron chi connectivity index (χ2n) is 14.4. The van der Waals surface area contributed by atoms with Crippen LogP contribution in [-0.2, 0) is 7.05 Å². The van der Waals surface area contributed by atoms with Crippen LogP contribution in [0.15, 0.2) is 97.1 Å². The van der Waals surface area contributed by atoms with Gasteiger partial charge in [-0.05, 0) is 109 Å². The summed E-state index contributed by atoms with van der Waals surface area (Å²) in [6, 6.07) is 26.4. The second kappa shape index (κ2) is 15.0. The van der Waals surface area contributed by atoms with Gasteiger partial charge in [-0.3, -0.25) is 4.79 Å². The van der Waals surface area contributed by atoms with E-state index in [1.165, 1.54) is 4.80 Å². The lowest BCUT2D eigenvalue weighted by molar-refractivity contribution is 0.0810. The predicted octanol–water partition coefficient (Wildman–Crippen LogP) is 5.62. The first-order valence-corrected chi connectivity index (χ1v) is 18.9. The number of benzene rings is 4. The van der Waals surface area contributed by atoms with E-state index in [-0.39, 0.29) is 28.6 Å². The Kier molecular flexibility index (Phi) is 9.85. The van der Waals surface area contributed by atoms with Crippen molar-refractivity contribution < 1.29 is 24.5 Å². The predicted molar refractivity (Wildman–Crippen MR) is 210 cm³/mol. The SMILES string of the molecule is CCNC(=O)c1ccc(C2=CC3(CCNCC3)Oc3cccc(O)c32)cc1.Cn1nnc(-c2ccc(C3=CC4(CCNCC4)Oc4cccc(O)c43)cc2)n1. The van der Waals surface area contributed by atoms with Crippen LogP contribution >= 0.6 is 0 Å². The molecule has 2 fully saturated rings. The molecule has 1 amide bonds. The molecule has 4 aromatic carbocycles. The molecule has 5 aromatic rings. The molecule has 0 atom stereocenters. The Bertz CT molecular complexity index is 2250. The van der Waals surface area contributed by atoms with Gasteiger partial charge in [0.05, 0.1) is 18.2 Å². The molecule has 9 rings (SSSR count). The van der Waals surface area contributed by atoms with E-state index in [1.54, 1.807) is 19.2 Å². The summed E-state index contributed by atoms with van der Waals surface area (Å²) in [5.41, 5.74) is 6.24. The Morgan fingerprint density at radius 2 is 1.20 bits per heavy atom. The van der Waals surface area contributed by atoms with Crippen LogP contribution in [0.3, 0.4) is 0 Å². The largest absolute Gasteiger partial charge is 0.507 e. The van der Waals surface area contributed by atoms with E-state index < -0.39 is 0 Å². The molecule has 5 N–H and O–H groups in total. The zero-order valence-corrected chi connectivity index (χ0v) is 31.0. The Labute approximate surface area is 319 Å². The van der Waals surface area contributed by atoms with Gasteiger partial charge in [0.2, 0.25) is 5.82 Å². The molecular weight excluding hydrogens is 695 g/mol. The molecule has 4 aliphatic rings. The highest BCUT2D eigenvalue weighted by Crippen LogP contribution is 2.47. The number of carbonyl (C=O) groups is 1. The lowest BCUT2D eigenvalue weighted by Crippen LogP contribution is -2.46. The molecule has 0 unspecified atom stereocenters. The van der Waals surface area contributed by atoms with E-state index >= 15 is 0 Å². The lowest BCUT2D eigenvalue weighted by atomic mass is 9.83. The van der Waals surface area contributed by atoms with Gasteiger partial charge in [0.15, 0.2) is 0 Å². The van der Waals surface area contributed by atoms with E-state index in [4.69, 9.17) is 9.47 Å². The number of ether oxygens (including phenoxy) is 2. The van der Waals surface area contributed by atoms with E-state index in [0.717, 1.165) is 91.0 Å². The molecule has 0 aliphatic carbocycles. The lowest BCUT2D eigenvalue weighted by Gasteiger charge is -2.40. The van der Waals surface area contributed by atoms with Gasteiger partial charge in [-0.1, -0.05) is 48.5 Å². The minimum Gasteiger partial charge on any atom is -0.507 e. The molecule has 2 spiro atoms. The number of aromatic nitrogens is 4. The topological polar surface area (TPSA) is 156 Å². The first kappa shape index (κ1) is 36.0. The fraction of sp³-hybridized carbons (Fsp3) is 0.302. The average molecular weight is 740 g/mol. The Hall–Kier alpha value is -5.98. The number of nitrogens with zero attached hydrogens (tertiary/aromatic N) is 4. The Balaban J connectivity index is 0.000000155. The maximum Gasteiger partial charge on any atom is 0.251 e. The molecule has 0 radical (unpaired) electrons. The van der Waals surface area contributed by atoms with Crippen molar-refractivity contribution >= 4 is 17.1 Å². The number of carbonyl (C=O) groups excluding carboxylic acids is 1. The minimum atomic E-state index is -0.361. The number of piperidine rings is 2. The van der Waals surface area contributed by atoms with Crippen LogP contribution in [0.4, 0.5) is 0 Å². The summed E-state index contributed by atoms with van der Waals surface area (Å²) in [5, 5.41) is 42.8. The maximum absolute atomic E-state index is 12.0. The number of hydrogen-bond acceptors (Lipinski definition) is 10. The molecule has 0 saturated carbocycles. The van der Waals surface area contributed by atoms with E-state index in [1.807, 2.05) is 79.7 Å². The summed E-state index contributed by atoms with van der Waals surface area (Å²) in [6.07, 6.45) is 7.88. The molecule has 12 nitrogen and oxygen atoms in total. The quantitative estimate of drug-likeness (QED) is 0.154. The van der Waals surface area contributed by atoms with Crippen LogP contribution in [0.25, 0.3) is 22.5 Å². The summed E-state index contributed by atoms with van der Waals surface area (Å²) >= 11 is 0. The molecule has 282 valence electrons. The van der Waals surface area contributed by atoms with Crippen molar-refractivity contribution in [3.05, 3.63) is 125 Å². The van der Waals surface area contributed by atoms with Gasteiger partial charge in [0.25, 0.3) is 5.91 Å². The number of phenolic OH excluding ortho intramolecular Hbond substituents is 2. The number of tetrazole rings is 1. The summed E-state index contributed by atoms with van der Waals surface area (Å²) in [6.45, 7) is 6.12. The Morgan fingerprint density at radius 1 is 0.727 bits per heavy atom. The molecular formula is C43H45N7O5. The van der Waals surface area contributed by atoms with Crippen LogP contribution in [-0.4, -0.2) is 80.3 Å². The van der Waals surface area contributed by atoms with Crippen molar-refractivity contribution in [1.82, 2.24) is 36.2 Å². The van der Waals surface area contributed by atoms with Gasteiger partial charge >= 0.3 is 0 Å². The van der Waals surface area contributed by atoms with E-state index in [9.17, 15) is 15.0 Å². The van der Waals surface area contributed by atoms with Crippen molar-refractivity contribution in [2.45, 2.75) is 43.8 Å². The van der Waals surface area contributed by atoms with E-state index in [2.05, 4.69) is 43.5 Å². The number of aryl methyl sites for hydroxylation is 1. The second-order valence-corrected chi connectivity index (χ2v) is 14.4. The molecule has 4 aliphatic heterocycles. The first-order chi connectivity index (χ1) is 26.8. The smallest absolute Gasteiger partial charge is 0.251 e.